The smallest absolute Gasteiger partial charge is 0.419 e. The minimum absolute atomic E-state index is 0.000320. The van der Waals surface area contributed by atoms with Gasteiger partial charge in [0, 0.05) is 19.6 Å². The van der Waals surface area contributed by atoms with Gasteiger partial charge in [-0.05, 0) is 85.3 Å². The van der Waals surface area contributed by atoms with Gasteiger partial charge in [0.2, 0.25) is 0 Å². The van der Waals surface area contributed by atoms with Crippen LogP contribution in [0.15, 0.2) is 91.0 Å². The Morgan fingerprint density at radius 1 is 0.750 bits per heavy atom. The lowest BCUT2D eigenvalue weighted by Crippen LogP contribution is -2.41. The highest BCUT2D eigenvalue weighted by molar-refractivity contribution is 5.85. The summed E-state index contributed by atoms with van der Waals surface area (Å²) in [6.07, 6.45) is -11.9. The van der Waals surface area contributed by atoms with E-state index < -0.39 is 58.9 Å². The number of carbonyl (C=O) groups excluding carboxylic acids is 3. The highest BCUT2D eigenvalue weighted by Crippen LogP contribution is 2.39. The molecule has 4 aromatic carbocycles. The third kappa shape index (κ3) is 9.83. The van der Waals surface area contributed by atoms with Crippen LogP contribution >= 0.6 is 0 Å². The molecule has 0 saturated carbocycles. The average Bonchev–Trinajstić information content (AvgIpc) is 3.07. The van der Waals surface area contributed by atoms with Crippen LogP contribution in [0.5, 0.6) is 11.5 Å². The van der Waals surface area contributed by atoms with Crippen molar-refractivity contribution in [1.82, 2.24) is 10.2 Å². The van der Waals surface area contributed by atoms with Gasteiger partial charge in [-0.1, -0.05) is 60.7 Å². The molecule has 274 valence electrons. The first-order chi connectivity index (χ1) is 24.4. The lowest BCUT2D eigenvalue weighted by atomic mass is 9.96. The fraction of sp³-hybridized carbons (Fsp3) is 0.289. The average molecular weight is 729 g/mol. The second-order valence-corrected chi connectivity index (χ2v) is 13.1. The van der Waals surface area contributed by atoms with Crippen LogP contribution < -0.4 is 10.1 Å². The third-order valence-corrected chi connectivity index (χ3v) is 7.99. The van der Waals surface area contributed by atoms with E-state index in [9.17, 15) is 40.7 Å². The van der Waals surface area contributed by atoms with Gasteiger partial charge in [-0.2, -0.15) is 26.3 Å². The number of alkyl halides is 6. The Bertz CT molecular complexity index is 1890. The minimum Gasteiger partial charge on any atom is -0.459 e. The molecule has 14 heteroatoms. The molecule has 1 aliphatic heterocycles. The van der Waals surface area contributed by atoms with Crippen LogP contribution in [-0.4, -0.2) is 41.7 Å². The number of carbonyl (C=O) groups is 3. The summed E-state index contributed by atoms with van der Waals surface area (Å²) in [5, 5.41) is 2.46. The van der Waals surface area contributed by atoms with Gasteiger partial charge in [0.25, 0.3) is 0 Å². The Morgan fingerprint density at radius 3 is 1.96 bits per heavy atom. The van der Waals surface area contributed by atoms with E-state index in [-0.39, 0.29) is 31.5 Å². The topological polar surface area (TPSA) is 94.2 Å². The Balaban J connectivity index is 1.24. The van der Waals surface area contributed by atoms with E-state index in [2.05, 4.69) is 5.32 Å². The molecule has 1 aliphatic rings. The number of hydrogen-bond donors (Lipinski definition) is 1. The molecule has 52 heavy (non-hydrogen) atoms. The van der Waals surface area contributed by atoms with Crippen LogP contribution in [0.4, 0.5) is 35.9 Å². The standard InChI is InChI=1S/C38H34F6N2O6/c1-36(2,3)52-33(47)32(26-11-9-24(10-12-26)23-7-5-4-6-8-23)21-45-34(48)51-35(49)46-16-15-25-13-14-30(17-27(25)22-46)50-31-19-28(37(39,40)41)18-29(20-31)38(42,43)44/h4-14,17-20,32H,15-16,21-22H2,1-3H3,(H,45,48). The molecule has 0 bridgehead atoms. The van der Waals surface area contributed by atoms with Crippen LogP contribution in [-0.2, 0) is 39.6 Å². The molecule has 0 spiro atoms. The molecular weight excluding hydrogens is 694 g/mol. The highest BCUT2D eigenvalue weighted by atomic mass is 19.4. The summed E-state index contributed by atoms with van der Waals surface area (Å²) < 4.78 is 95.9. The highest BCUT2D eigenvalue weighted by Gasteiger charge is 2.37. The number of fused-ring (bicyclic) bond motifs is 1. The van der Waals surface area contributed by atoms with Crippen molar-refractivity contribution in [2.45, 2.75) is 57.6 Å². The van der Waals surface area contributed by atoms with Crippen LogP contribution in [0.1, 0.15) is 54.5 Å². The summed E-state index contributed by atoms with van der Waals surface area (Å²) in [7, 11) is 0. The first kappa shape index (κ1) is 37.7. The lowest BCUT2D eigenvalue weighted by molar-refractivity contribution is -0.156. The molecule has 0 aliphatic carbocycles. The fourth-order valence-corrected chi connectivity index (χ4v) is 5.49. The largest absolute Gasteiger partial charge is 0.459 e. The number of amides is 2. The van der Waals surface area contributed by atoms with Crippen molar-refractivity contribution in [3.8, 4) is 22.6 Å². The molecule has 1 heterocycles. The number of hydrogen-bond acceptors (Lipinski definition) is 6. The molecular formula is C38H34F6N2O6. The number of rotatable bonds is 7. The molecule has 0 aromatic heterocycles. The fourth-order valence-electron chi connectivity index (χ4n) is 5.49. The Morgan fingerprint density at radius 2 is 1.37 bits per heavy atom. The maximum atomic E-state index is 13.3. The van der Waals surface area contributed by atoms with E-state index in [0.717, 1.165) is 16.7 Å². The third-order valence-electron chi connectivity index (χ3n) is 7.99. The van der Waals surface area contributed by atoms with Crippen molar-refractivity contribution in [3.05, 3.63) is 119 Å². The molecule has 5 rings (SSSR count). The summed E-state index contributed by atoms with van der Waals surface area (Å²) in [6, 6.07) is 22.1. The number of nitrogens with zero attached hydrogens (tertiary/aromatic N) is 1. The molecule has 8 nitrogen and oxygen atoms in total. The SMILES string of the molecule is CC(C)(C)OC(=O)C(CNC(=O)OC(=O)N1CCc2ccc(Oc3cc(C(F)(F)F)cc(C(F)(F)F)c3)cc2C1)c1ccc(-c2ccccc2)cc1. The Kier molecular flexibility index (Phi) is 10.9. The zero-order chi connectivity index (χ0) is 37.8. The zero-order valence-corrected chi connectivity index (χ0v) is 28.2. The van der Waals surface area contributed by atoms with Gasteiger partial charge in [0.05, 0.1) is 17.0 Å². The van der Waals surface area contributed by atoms with Gasteiger partial charge in [0.15, 0.2) is 0 Å². The van der Waals surface area contributed by atoms with Crippen LogP contribution in [0.2, 0.25) is 0 Å². The van der Waals surface area contributed by atoms with Crippen molar-refractivity contribution in [1.29, 1.82) is 0 Å². The summed E-state index contributed by atoms with van der Waals surface area (Å²) in [4.78, 5) is 40.1. The van der Waals surface area contributed by atoms with Crippen molar-refractivity contribution < 1.29 is 54.9 Å². The first-order valence-electron chi connectivity index (χ1n) is 16.1. The van der Waals surface area contributed by atoms with Gasteiger partial charge in [-0.25, -0.2) is 9.59 Å². The zero-order valence-electron chi connectivity index (χ0n) is 28.2. The summed E-state index contributed by atoms with van der Waals surface area (Å²) in [5.74, 6) is -2.28. The Hall–Kier alpha value is -5.53. The quantitative estimate of drug-likeness (QED) is 0.116. The normalized spacial score (nSPS) is 13.8. The predicted molar refractivity (Wildman–Crippen MR) is 177 cm³/mol. The van der Waals surface area contributed by atoms with Crippen molar-refractivity contribution in [2.24, 2.45) is 0 Å². The first-order valence-corrected chi connectivity index (χ1v) is 16.1. The van der Waals surface area contributed by atoms with E-state index in [4.69, 9.17) is 14.2 Å². The molecule has 1 unspecified atom stereocenters. The Labute approximate surface area is 295 Å². The van der Waals surface area contributed by atoms with E-state index in [1.807, 2.05) is 42.5 Å². The maximum absolute atomic E-state index is 13.3. The molecule has 0 fully saturated rings. The van der Waals surface area contributed by atoms with E-state index in [0.29, 0.717) is 29.7 Å². The predicted octanol–water partition coefficient (Wildman–Crippen LogP) is 9.51. The second kappa shape index (κ2) is 15.0. The number of ether oxygens (including phenoxy) is 3. The molecule has 1 atom stereocenters. The number of benzene rings is 4. The van der Waals surface area contributed by atoms with Gasteiger partial charge >= 0.3 is 30.5 Å². The second-order valence-electron chi connectivity index (χ2n) is 13.1. The summed E-state index contributed by atoms with van der Waals surface area (Å²) in [5.41, 5.74) is -0.189. The van der Waals surface area contributed by atoms with Gasteiger partial charge in [-0.3, -0.25) is 4.79 Å². The van der Waals surface area contributed by atoms with E-state index >= 15 is 0 Å². The van der Waals surface area contributed by atoms with Crippen LogP contribution in [0.25, 0.3) is 11.1 Å². The number of esters is 1. The lowest BCUT2D eigenvalue weighted by Gasteiger charge is -2.28. The van der Waals surface area contributed by atoms with E-state index in [1.165, 1.54) is 17.0 Å². The molecule has 2 amide bonds. The molecule has 1 N–H and O–H groups in total. The van der Waals surface area contributed by atoms with Crippen molar-refractivity contribution >= 4 is 18.2 Å². The number of alkyl carbamates (subject to hydrolysis) is 1. The molecule has 0 radical (unpaired) electrons. The van der Waals surface area contributed by atoms with Crippen LogP contribution in [0.3, 0.4) is 0 Å². The summed E-state index contributed by atoms with van der Waals surface area (Å²) >= 11 is 0. The monoisotopic (exact) mass is 728 g/mol. The number of halogens is 6. The van der Waals surface area contributed by atoms with Crippen molar-refractivity contribution in [3.63, 3.8) is 0 Å². The molecule has 4 aromatic rings. The van der Waals surface area contributed by atoms with Crippen molar-refractivity contribution in [2.75, 3.05) is 13.1 Å². The minimum atomic E-state index is -5.05. The maximum Gasteiger partial charge on any atom is 0.419 e. The summed E-state index contributed by atoms with van der Waals surface area (Å²) in [6.45, 7) is 4.94. The van der Waals surface area contributed by atoms with Gasteiger partial charge in [0.1, 0.15) is 17.1 Å². The van der Waals surface area contributed by atoms with Crippen LogP contribution in [0, 0.1) is 0 Å². The molecule has 0 saturated heterocycles. The van der Waals surface area contributed by atoms with E-state index in [1.54, 1.807) is 39.0 Å². The van der Waals surface area contributed by atoms with Gasteiger partial charge in [-0.15, -0.1) is 0 Å². The number of nitrogens with one attached hydrogen (secondary N) is 1. The van der Waals surface area contributed by atoms with Gasteiger partial charge < -0.3 is 24.4 Å².